The van der Waals surface area contributed by atoms with Gasteiger partial charge in [0.25, 0.3) is 0 Å². The fraction of sp³-hybridized carbons (Fsp3) is 0.412. The molecule has 1 aliphatic rings. The first-order chi connectivity index (χ1) is 12.2. The molecule has 0 spiro atoms. The van der Waals surface area contributed by atoms with Crippen molar-refractivity contribution in [2.24, 2.45) is 5.92 Å². The standard InChI is InChI=1S/C17H21N5O3/c23-16(17(24)20-15-5-9-25-21-15)19-11-13-3-7-22(8-4-13)12-14-2-1-6-18-10-14/h1-2,5-6,9-10,13H,3-4,7-8,11-12H2,(H,19,23)(H,20,21,24). The second-order valence-electron chi connectivity index (χ2n) is 6.13. The molecule has 1 aliphatic heterocycles. The zero-order chi connectivity index (χ0) is 17.5. The van der Waals surface area contributed by atoms with E-state index >= 15 is 0 Å². The van der Waals surface area contributed by atoms with Crippen molar-refractivity contribution in [1.29, 1.82) is 0 Å². The van der Waals surface area contributed by atoms with Crippen LogP contribution in [0.25, 0.3) is 0 Å². The van der Waals surface area contributed by atoms with Gasteiger partial charge in [0.15, 0.2) is 5.82 Å². The molecule has 2 aromatic heterocycles. The molecule has 8 heteroatoms. The molecule has 0 bridgehead atoms. The zero-order valence-electron chi connectivity index (χ0n) is 13.9. The quantitative estimate of drug-likeness (QED) is 0.787. The molecule has 0 unspecified atom stereocenters. The summed E-state index contributed by atoms with van der Waals surface area (Å²) < 4.78 is 4.60. The second kappa shape index (κ2) is 8.39. The van der Waals surface area contributed by atoms with Crippen LogP contribution in [-0.4, -0.2) is 46.5 Å². The number of piperidine rings is 1. The number of anilines is 1. The fourth-order valence-corrected chi connectivity index (χ4v) is 2.87. The molecule has 3 heterocycles. The summed E-state index contributed by atoms with van der Waals surface area (Å²) in [5, 5.41) is 8.60. The van der Waals surface area contributed by atoms with E-state index in [1.54, 1.807) is 6.20 Å². The summed E-state index contributed by atoms with van der Waals surface area (Å²) in [5.41, 5.74) is 1.21. The molecule has 2 N–H and O–H groups in total. The summed E-state index contributed by atoms with van der Waals surface area (Å²) in [6.45, 7) is 3.35. The van der Waals surface area contributed by atoms with Gasteiger partial charge in [-0.25, -0.2) is 0 Å². The van der Waals surface area contributed by atoms with Gasteiger partial charge in [-0.15, -0.1) is 0 Å². The minimum atomic E-state index is -0.733. The third-order valence-electron chi connectivity index (χ3n) is 4.27. The molecule has 0 aliphatic carbocycles. The Labute approximate surface area is 145 Å². The number of nitrogens with one attached hydrogen (secondary N) is 2. The van der Waals surface area contributed by atoms with E-state index in [0.717, 1.165) is 32.5 Å². The smallest absolute Gasteiger partial charge is 0.314 e. The van der Waals surface area contributed by atoms with E-state index in [0.29, 0.717) is 12.5 Å². The summed E-state index contributed by atoms with van der Waals surface area (Å²) >= 11 is 0. The minimum absolute atomic E-state index is 0.226. The number of rotatable bonds is 5. The van der Waals surface area contributed by atoms with Gasteiger partial charge in [0.2, 0.25) is 0 Å². The number of carbonyl (C=O) groups is 2. The Balaban J connectivity index is 1.36. The Kier molecular flexibility index (Phi) is 5.73. The Bertz CT molecular complexity index is 682. The van der Waals surface area contributed by atoms with Gasteiger partial charge in [-0.05, 0) is 43.5 Å². The summed E-state index contributed by atoms with van der Waals surface area (Å²) in [5.74, 6) is -0.776. The largest absolute Gasteiger partial charge is 0.363 e. The number of likely N-dealkylation sites (tertiary alicyclic amines) is 1. The molecule has 1 fully saturated rings. The lowest BCUT2D eigenvalue weighted by Gasteiger charge is -2.31. The van der Waals surface area contributed by atoms with Gasteiger partial charge >= 0.3 is 11.8 Å². The zero-order valence-corrected chi connectivity index (χ0v) is 13.9. The highest BCUT2D eigenvalue weighted by Gasteiger charge is 2.21. The molecule has 0 saturated carbocycles. The van der Waals surface area contributed by atoms with E-state index < -0.39 is 11.8 Å². The first-order valence-corrected chi connectivity index (χ1v) is 8.31. The topological polar surface area (TPSA) is 100 Å². The Morgan fingerprint density at radius 2 is 2.08 bits per heavy atom. The van der Waals surface area contributed by atoms with Crippen LogP contribution < -0.4 is 10.6 Å². The van der Waals surface area contributed by atoms with Gasteiger partial charge in [0.05, 0.1) is 0 Å². The molecule has 0 radical (unpaired) electrons. The SMILES string of the molecule is O=C(NCC1CCN(Cc2cccnc2)CC1)C(=O)Nc1ccon1. The van der Waals surface area contributed by atoms with Gasteiger partial charge in [-0.3, -0.25) is 24.8 Å². The Hall–Kier alpha value is -2.74. The third-order valence-corrected chi connectivity index (χ3v) is 4.27. The van der Waals surface area contributed by atoms with Crippen molar-refractivity contribution in [3.8, 4) is 0 Å². The molecule has 2 amide bonds. The summed E-state index contributed by atoms with van der Waals surface area (Å²) in [4.78, 5) is 30.1. The van der Waals surface area contributed by atoms with E-state index in [-0.39, 0.29) is 5.82 Å². The lowest BCUT2D eigenvalue weighted by Crippen LogP contribution is -2.41. The number of aromatic nitrogens is 2. The molecular weight excluding hydrogens is 322 g/mol. The van der Waals surface area contributed by atoms with Crippen molar-refractivity contribution in [1.82, 2.24) is 20.4 Å². The van der Waals surface area contributed by atoms with Crippen molar-refractivity contribution in [3.63, 3.8) is 0 Å². The summed E-state index contributed by atoms with van der Waals surface area (Å²) in [6.07, 6.45) is 6.97. The maximum Gasteiger partial charge on any atom is 0.314 e. The number of hydrogen-bond donors (Lipinski definition) is 2. The van der Waals surface area contributed by atoms with Gasteiger partial charge in [-0.1, -0.05) is 11.2 Å². The maximum absolute atomic E-state index is 11.8. The van der Waals surface area contributed by atoms with Crippen LogP contribution in [0.4, 0.5) is 5.82 Å². The van der Waals surface area contributed by atoms with Crippen molar-refractivity contribution < 1.29 is 14.1 Å². The number of amides is 2. The van der Waals surface area contributed by atoms with E-state index in [2.05, 4.69) is 36.3 Å². The first kappa shape index (κ1) is 17.1. The number of pyridine rings is 1. The number of hydrogen-bond acceptors (Lipinski definition) is 6. The first-order valence-electron chi connectivity index (χ1n) is 8.31. The van der Waals surface area contributed by atoms with Crippen molar-refractivity contribution in [2.75, 3.05) is 25.0 Å². The Morgan fingerprint density at radius 1 is 1.24 bits per heavy atom. The predicted molar refractivity (Wildman–Crippen MR) is 90.4 cm³/mol. The average molecular weight is 343 g/mol. The lowest BCUT2D eigenvalue weighted by atomic mass is 9.96. The monoisotopic (exact) mass is 343 g/mol. The molecule has 1 saturated heterocycles. The van der Waals surface area contributed by atoms with Crippen LogP contribution in [0, 0.1) is 5.92 Å². The average Bonchev–Trinajstić information content (AvgIpc) is 3.14. The van der Waals surface area contributed by atoms with Gasteiger partial charge in [0.1, 0.15) is 6.26 Å². The molecule has 2 aromatic rings. The molecule has 8 nitrogen and oxygen atoms in total. The van der Waals surface area contributed by atoms with Crippen molar-refractivity contribution >= 4 is 17.6 Å². The molecule has 0 aromatic carbocycles. The summed E-state index contributed by atoms with van der Waals surface area (Å²) in [6, 6.07) is 5.50. The van der Waals surface area contributed by atoms with Crippen molar-refractivity contribution in [2.45, 2.75) is 19.4 Å². The van der Waals surface area contributed by atoms with E-state index in [1.165, 1.54) is 17.9 Å². The number of carbonyl (C=O) groups excluding carboxylic acids is 2. The van der Waals surface area contributed by atoms with Crippen LogP contribution in [0.3, 0.4) is 0 Å². The maximum atomic E-state index is 11.8. The van der Waals surface area contributed by atoms with Crippen LogP contribution in [0.15, 0.2) is 41.4 Å². The molecule has 3 rings (SSSR count). The highest BCUT2D eigenvalue weighted by molar-refractivity contribution is 6.39. The second-order valence-corrected chi connectivity index (χ2v) is 6.13. The Morgan fingerprint density at radius 3 is 2.76 bits per heavy atom. The van der Waals surface area contributed by atoms with Gasteiger partial charge in [-0.2, -0.15) is 0 Å². The van der Waals surface area contributed by atoms with Crippen LogP contribution in [-0.2, 0) is 16.1 Å². The highest BCUT2D eigenvalue weighted by Crippen LogP contribution is 2.18. The third kappa shape index (κ3) is 5.12. The molecule has 132 valence electrons. The van der Waals surface area contributed by atoms with Gasteiger partial charge < -0.3 is 9.84 Å². The van der Waals surface area contributed by atoms with Crippen LogP contribution in [0.1, 0.15) is 18.4 Å². The van der Waals surface area contributed by atoms with Gasteiger partial charge in [0, 0.05) is 31.5 Å². The molecular formula is C17H21N5O3. The predicted octanol–water partition coefficient (Wildman–Crippen LogP) is 1.04. The normalized spacial score (nSPS) is 15.7. The van der Waals surface area contributed by atoms with Crippen LogP contribution in [0.2, 0.25) is 0 Å². The number of nitrogens with zero attached hydrogens (tertiary/aromatic N) is 3. The van der Waals surface area contributed by atoms with E-state index in [9.17, 15) is 9.59 Å². The van der Waals surface area contributed by atoms with Crippen molar-refractivity contribution in [3.05, 3.63) is 42.4 Å². The fourth-order valence-electron chi connectivity index (χ4n) is 2.87. The molecule has 25 heavy (non-hydrogen) atoms. The van der Waals surface area contributed by atoms with Crippen LogP contribution in [0.5, 0.6) is 0 Å². The lowest BCUT2D eigenvalue weighted by molar-refractivity contribution is -0.136. The van der Waals surface area contributed by atoms with Crippen LogP contribution >= 0.6 is 0 Å². The van der Waals surface area contributed by atoms with E-state index in [4.69, 9.17) is 0 Å². The highest BCUT2D eigenvalue weighted by atomic mass is 16.5. The molecule has 0 atom stereocenters. The van der Waals surface area contributed by atoms with E-state index in [1.807, 2.05) is 12.3 Å². The minimum Gasteiger partial charge on any atom is -0.363 e. The summed E-state index contributed by atoms with van der Waals surface area (Å²) in [7, 11) is 0.